The van der Waals surface area contributed by atoms with E-state index in [1.807, 2.05) is 0 Å². The van der Waals surface area contributed by atoms with E-state index in [4.69, 9.17) is 14.2 Å². The third-order valence-corrected chi connectivity index (χ3v) is 5.39. The van der Waals surface area contributed by atoms with E-state index in [0.717, 1.165) is 0 Å². The van der Waals surface area contributed by atoms with Crippen LogP contribution in [-0.2, 0) is 14.8 Å². The molecule has 2 rings (SSSR count). The molecule has 2 aromatic carbocycles. The number of benzene rings is 2. The van der Waals surface area contributed by atoms with Crippen LogP contribution in [0.2, 0.25) is 0 Å². The average Bonchev–Trinajstić information content (AvgIpc) is 2.72. The summed E-state index contributed by atoms with van der Waals surface area (Å²) < 4.78 is 41.4. The van der Waals surface area contributed by atoms with Gasteiger partial charge in [-0.3, -0.25) is 4.79 Å². The molecular formula is C19H21NO7S. The number of carbonyl (C=O) groups excluding carboxylic acids is 2. The van der Waals surface area contributed by atoms with Gasteiger partial charge in [-0.25, -0.2) is 17.9 Å². The predicted octanol–water partition coefficient (Wildman–Crippen LogP) is 2.04. The zero-order chi connectivity index (χ0) is 20.9. The highest BCUT2D eigenvalue weighted by Gasteiger charge is 2.24. The van der Waals surface area contributed by atoms with Crippen LogP contribution in [0.5, 0.6) is 11.5 Å². The molecule has 1 N–H and O–H groups in total. The van der Waals surface area contributed by atoms with Crippen LogP contribution >= 0.6 is 0 Å². The van der Waals surface area contributed by atoms with Crippen molar-refractivity contribution in [1.29, 1.82) is 0 Å². The SMILES string of the molecule is CNS(=O)(=O)c1cccc(C(=O)O[C@H](C)C(=O)c2ccc(OC)cc2OC)c1. The molecule has 0 saturated carbocycles. The quantitative estimate of drug-likeness (QED) is 0.527. The topological polar surface area (TPSA) is 108 Å². The first-order chi connectivity index (χ1) is 13.2. The number of nitrogens with one attached hydrogen (secondary N) is 1. The highest BCUT2D eigenvalue weighted by molar-refractivity contribution is 7.89. The van der Waals surface area contributed by atoms with Gasteiger partial charge in [-0.05, 0) is 44.3 Å². The summed E-state index contributed by atoms with van der Waals surface area (Å²) in [5, 5.41) is 0. The Bertz CT molecular complexity index is 986. The third-order valence-electron chi connectivity index (χ3n) is 3.98. The van der Waals surface area contributed by atoms with Gasteiger partial charge in [0.1, 0.15) is 11.5 Å². The van der Waals surface area contributed by atoms with Crippen molar-refractivity contribution >= 4 is 21.8 Å². The summed E-state index contributed by atoms with van der Waals surface area (Å²) in [5.41, 5.74) is 0.243. The first kappa shape index (κ1) is 21.4. The monoisotopic (exact) mass is 407 g/mol. The Morgan fingerprint density at radius 3 is 2.36 bits per heavy atom. The van der Waals surface area contributed by atoms with Crippen molar-refractivity contribution < 1.29 is 32.2 Å². The lowest BCUT2D eigenvalue weighted by molar-refractivity contribution is 0.0317. The molecule has 0 aliphatic rings. The van der Waals surface area contributed by atoms with Crippen LogP contribution in [0, 0.1) is 0 Å². The number of hydrogen-bond acceptors (Lipinski definition) is 7. The molecule has 0 unspecified atom stereocenters. The summed E-state index contributed by atoms with van der Waals surface area (Å²) in [6, 6.07) is 10.0. The summed E-state index contributed by atoms with van der Waals surface area (Å²) in [5.74, 6) is -0.483. The molecule has 28 heavy (non-hydrogen) atoms. The second-order valence-electron chi connectivity index (χ2n) is 5.71. The van der Waals surface area contributed by atoms with E-state index >= 15 is 0 Å². The Balaban J connectivity index is 2.21. The second kappa shape index (κ2) is 8.85. The fraction of sp³-hybridized carbons (Fsp3) is 0.263. The Morgan fingerprint density at radius 1 is 1.04 bits per heavy atom. The third kappa shape index (κ3) is 4.68. The van der Waals surface area contributed by atoms with Crippen LogP contribution in [0.3, 0.4) is 0 Å². The van der Waals surface area contributed by atoms with Crippen LogP contribution < -0.4 is 14.2 Å². The summed E-state index contributed by atoms with van der Waals surface area (Å²) in [6.45, 7) is 1.43. The van der Waals surface area contributed by atoms with Crippen LogP contribution in [0.25, 0.3) is 0 Å². The molecule has 0 amide bonds. The first-order valence-electron chi connectivity index (χ1n) is 8.24. The standard InChI is InChI=1S/C19H21NO7S/c1-12(18(21)16-9-8-14(25-3)11-17(16)26-4)27-19(22)13-6-5-7-15(10-13)28(23,24)20-2/h5-12,20H,1-4H3/t12-/m1/s1. The highest BCUT2D eigenvalue weighted by Crippen LogP contribution is 2.26. The zero-order valence-corrected chi connectivity index (χ0v) is 16.7. The van der Waals surface area contributed by atoms with Crippen LogP contribution in [-0.4, -0.2) is 47.5 Å². The number of methoxy groups -OCH3 is 2. The molecule has 0 aliphatic heterocycles. The lowest BCUT2D eigenvalue weighted by atomic mass is 10.1. The molecule has 2 aromatic rings. The van der Waals surface area contributed by atoms with E-state index in [2.05, 4.69) is 4.72 Å². The Hall–Kier alpha value is -2.91. The molecule has 8 nitrogen and oxygen atoms in total. The van der Waals surface area contributed by atoms with Crippen LogP contribution in [0.1, 0.15) is 27.6 Å². The van der Waals surface area contributed by atoms with E-state index in [-0.39, 0.29) is 21.8 Å². The minimum Gasteiger partial charge on any atom is -0.497 e. The molecule has 0 aliphatic carbocycles. The van der Waals surface area contributed by atoms with Gasteiger partial charge in [0, 0.05) is 6.07 Å². The fourth-order valence-electron chi connectivity index (χ4n) is 2.41. The van der Waals surface area contributed by atoms with Gasteiger partial charge < -0.3 is 14.2 Å². The number of Topliss-reactive ketones (excluding diaryl/α,β-unsaturated/α-hetero) is 1. The molecular weight excluding hydrogens is 386 g/mol. The maximum atomic E-state index is 12.7. The molecule has 0 saturated heterocycles. The summed E-state index contributed by atoms with van der Waals surface area (Å²) in [6.07, 6.45) is -1.11. The van der Waals surface area contributed by atoms with Gasteiger partial charge in [0.25, 0.3) is 0 Å². The van der Waals surface area contributed by atoms with Gasteiger partial charge in [0.2, 0.25) is 15.8 Å². The molecule has 0 aromatic heterocycles. The van der Waals surface area contributed by atoms with Crippen molar-refractivity contribution in [2.75, 3.05) is 21.3 Å². The largest absolute Gasteiger partial charge is 0.497 e. The average molecular weight is 407 g/mol. The van der Waals surface area contributed by atoms with E-state index in [1.54, 1.807) is 12.1 Å². The number of ether oxygens (including phenoxy) is 3. The van der Waals surface area contributed by atoms with E-state index in [1.165, 1.54) is 58.5 Å². The molecule has 0 bridgehead atoms. The Labute approximate surface area is 163 Å². The van der Waals surface area contributed by atoms with E-state index in [9.17, 15) is 18.0 Å². The summed E-state index contributed by atoms with van der Waals surface area (Å²) in [7, 11) is 0.458. The fourth-order valence-corrected chi connectivity index (χ4v) is 3.19. The summed E-state index contributed by atoms with van der Waals surface area (Å²) >= 11 is 0. The predicted molar refractivity (Wildman–Crippen MR) is 101 cm³/mol. The summed E-state index contributed by atoms with van der Waals surface area (Å²) in [4.78, 5) is 24.9. The van der Waals surface area contributed by atoms with Gasteiger partial charge in [0.15, 0.2) is 6.10 Å². The lowest BCUT2D eigenvalue weighted by Crippen LogP contribution is -2.25. The maximum Gasteiger partial charge on any atom is 0.338 e. The Morgan fingerprint density at radius 2 is 1.75 bits per heavy atom. The van der Waals surface area contributed by atoms with Gasteiger partial charge in [-0.2, -0.15) is 0 Å². The molecule has 150 valence electrons. The van der Waals surface area contributed by atoms with Gasteiger partial charge >= 0.3 is 5.97 Å². The second-order valence-corrected chi connectivity index (χ2v) is 7.60. The van der Waals surface area contributed by atoms with E-state index < -0.39 is 27.9 Å². The van der Waals surface area contributed by atoms with Crippen LogP contribution in [0.15, 0.2) is 47.4 Å². The van der Waals surface area contributed by atoms with Crippen molar-refractivity contribution in [3.05, 3.63) is 53.6 Å². The van der Waals surface area contributed by atoms with Gasteiger partial charge in [0.05, 0.1) is 30.2 Å². The molecule has 0 fully saturated rings. The van der Waals surface area contributed by atoms with Crippen LogP contribution in [0.4, 0.5) is 0 Å². The highest BCUT2D eigenvalue weighted by atomic mass is 32.2. The minimum absolute atomic E-state index is 0.0117. The lowest BCUT2D eigenvalue weighted by Gasteiger charge is -2.15. The number of ketones is 1. The van der Waals surface area contributed by atoms with Gasteiger partial charge in [-0.1, -0.05) is 6.07 Å². The van der Waals surface area contributed by atoms with Gasteiger partial charge in [-0.15, -0.1) is 0 Å². The van der Waals surface area contributed by atoms with Crippen molar-refractivity contribution in [1.82, 2.24) is 4.72 Å². The number of rotatable bonds is 8. The zero-order valence-electron chi connectivity index (χ0n) is 15.9. The smallest absolute Gasteiger partial charge is 0.338 e. The van der Waals surface area contributed by atoms with Crippen molar-refractivity contribution in [2.24, 2.45) is 0 Å². The van der Waals surface area contributed by atoms with Crippen molar-refractivity contribution in [2.45, 2.75) is 17.9 Å². The molecule has 0 heterocycles. The normalized spacial score (nSPS) is 12.1. The first-order valence-corrected chi connectivity index (χ1v) is 9.72. The number of carbonyl (C=O) groups is 2. The maximum absolute atomic E-state index is 12.7. The number of hydrogen-bond donors (Lipinski definition) is 1. The number of sulfonamides is 1. The molecule has 9 heteroatoms. The van der Waals surface area contributed by atoms with Crippen molar-refractivity contribution in [3.63, 3.8) is 0 Å². The number of esters is 1. The molecule has 0 spiro atoms. The van der Waals surface area contributed by atoms with E-state index in [0.29, 0.717) is 5.75 Å². The molecule has 1 atom stereocenters. The Kier molecular flexibility index (Phi) is 6.76. The molecule has 0 radical (unpaired) electrons. The van der Waals surface area contributed by atoms with Crippen molar-refractivity contribution in [3.8, 4) is 11.5 Å². The minimum atomic E-state index is -3.71.